The predicted molar refractivity (Wildman–Crippen MR) is 87.8 cm³/mol. The third-order valence-electron chi connectivity index (χ3n) is 3.61. The number of para-hydroxylation sites is 1. The molecule has 3 nitrogen and oxygen atoms in total. The zero-order chi connectivity index (χ0) is 15.3. The molecule has 1 heterocycles. The van der Waals surface area contributed by atoms with Gasteiger partial charge in [-0.3, -0.25) is 9.78 Å². The molecular formula is C17H21NO2S. The van der Waals surface area contributed by atoms with Crippen LogP contribution < -0.4 is 0 Å². The van der Waals surface area contributed by atoms with Crippen molar-refractivity contribution in [3.8, 4) is 0 Å². The van der Waals surface area contributed by atoms with Crippen molar-refractivity contribution in [2.45, 2.75) is 49.2 Å². The van der Waals surface area contributed by atoms with Gasteiger partial charge in [-0.05, 0) is 25.0 Å². The van der Waals surface area contributed by atoms with Gasteiger partial charge in [-0.1, -0.05) is 44.9 Å². The number of carboxylic acid groups (broad SMARTS) is 1. The van der Waals surface area contributed by atoms with E-state index < -0.39 is 10.7 Å². The monoisotopic (exact) mass is 303 g/mol. The van der Waals surface area contributed by atoms with Crippen LogP contribution in [0.4, 0.5) is 0 Å². The van der Waals surface area contributed by atoms with Gasteiger partial charge < -0.3 is 5.11 Å². The Hall–Kier alpha value is -1.55. The number of hydrogen-bond acceptors (Lipinski definition) is 3. The number of benzene rings is 1. The molecule has 21 heavy (non-hydrogen) atoms. The molecule has 0 radical (unpaired) electrons. The fraction of sp³-hybridized carbons (Fsp3) is 0.412. The largest absolute Gasteiger partial charge is 0.480 e. The number of aliphatic carboxylic acids is 1. The van der Waals surface area contributed by atoms with Gasteiger partial charge in [0.1, 0.15) is 4.75 Å². The van der Waals surface area contributed by atoms with Crippen molar-refractivity contribution in [1.82, 2.24) is 4.98 Å². The van der Waals surface area contributed by atoms with E-state index in [4.69, 9.17) is 0 Å². The highest BCUT2D eigenvalue weighted by atomic mass is 32.2. The fourth-order valence-corrected chi connectivity index (χ4v) is 4.19. The van der Waals surface area contributed by atoms with Crippen LogP contribution in [-0.2, 0) is 4.79 Å². The number of fused-ring (bicyclic) bond motifs is 1. The number of rotatable bonds is 7. The molecule has 0 aliphatic carbocycles. The predicted octanol–water partition coefficient (Wildman–Crippen LogP) is 4.75. The Kier molecular flexibility index (Phi) is 5.23. The van der Waals surface area contributed by atoms with Gasteiger partial charge in [0.25, 0.3) is 0 Å². The molecule has 1 aromatic heterocycles. The maximum atomic E-state index is 11.9. The van der Waals surface area contributed by atoms with Crippen LogP contribution in [0.2, 0.25) is 0 Å². The summed E-state index contributed by atoms with van der Waals surface area (Å²) >= 11 is 1.48. The first kappa shape index (κ1) is 15.8. The van der Waals surface area contributed by atoms with E-state index in [1.54, 1.807) is 6.20 Å². The second kappa shape index (κ2) is 6.94. The van der Waals surface area contributed by atoms with Crippen LogP contribution in [0.1, 0.15) is 39.5 Å². The molecule has 2 aromatic rings. The average Bonchev–Trinajstić information content (AvgIpc) is 2.48. The van der Waals surface area contributed by atoms with Crippen LogP contribution in [0.3, 0.4) is 0 Å². The number of carbonyl (C=O) groups is 1. The molecule has 0 fully saturated rings. The normalized spacial score (nSPS) is 11.7. The van der Waals surface area contributed by atoms with Crippen LogP contribution in [-0.4, -0.2) is 20.8 Å². The lowest BCUT2D eigenvalue weighted by molar-refractivity contribution is -0.140. The molecule has 0 atom stereocenters. The van der Waals surface area contributed by atoms with E-state index in [0.717, 1.165) is 28.6 Å². The Morgan fingerprint density at radius 1 is 1.19 bits per heavy atom. The number of nitrogens with zero attached hydrogens (tertiary/aromatic N) is 1. The van der Waals surface area contributed by atoms with E-state index in [1.165, 1.54) is 11.8 Å². The van der Waals surface area contributed by atoms with Gasteiger partial charge in [0, 0.05) is 16.5 Å². The van der Waals surface area contributed by atoms with E-state index in [0.29, 0.717) is 12.8 Å². The van der Waals surface area contributed by atoms with Crippen molar-refractivity contribution in [2.24, 2.45) is 0 Å². The molecule has 0 bridgehead atoms. The smallest absolute Gasteiger partial charge is 0.320 e. The third-order valence-corrected chi connectivity index (χ3v) is 5.16. The van der Waals surface area contributed by atoms with Gasteiger partial charge in [-0.2, -0.15) is 0 Å². The summed E-state index contributed by atoms with van der Waals surface area (Å²) in [6, 6.07) is 9.81. The molecule has 0 spiro atoms. The summed E-state index contributed by atoms with van der Waals surface area (Å²) < 4.78 is -0.742. The second-order valence-electron chi connectivity index (χ2n) is 5.23. The number of pyridine rings is 1. The van der Waals surface area contributed by atoms with Crippen LogP contribution in [0, 0.1) is 0 Å². The van der Waals surface area contributed by atoms with Crippen molar-refractivity contribution >= 4 is 28.6 Å². The highest BCUT2D eigenvalue weighted by Gasteiger charge is 2.38. The Labute approximate surface area is 129 Å². The van der Waals surface area contributed by atoms with E-state index >= 15 is 0 Å². The number of hydrogen-bond donors (Lipinski definition) is 1. The Morgan fingerprint density at radius 2 is 1.86 bits per heavy atom. The fourth-order valence-electron chi connectivity index (χ4n) is 2.66. The average molecular weight is 303 g/mol. The molecule has 0 saturated heterocycles. The summed E-state index contributed by atoms with van der Waals surface area (Å²) in [5, 5.41) is 10.8. The summed E-state index contributed by atoms with van der Waals surface area (Å²) in [7, 11) is 0. The Morgan fingerprint density at radius 3 is 2.48 bits per heavy atom. The maximum Gasteiger partial charge on any atom is 0.320 e. The van der Waals surface area contributed by atoms with Crippen LogP contribution in [0.25, 0.3) is 10.9 Å². The van der Waals surface area contributed by atoms with E-state index in [1.807, 2.05) is 44.2 Å². The minimum absolute atomic E-state index is 0.678. The third kappa shape index (κ3) is 3.38. The zero-order valence-electron chi connectivity index (χ0n) is 12.5. The van der Waals surface area contributed by atoms with E-state index in [9.17, 15) is 9.90 Å². The first-order chi connectivity index (χ1) is 10.1. The van der Waals surface area contributed by atoms with Gasteiger partial charge in [0.2, 0.25) is 0 Å². The molecule has 1 N–H and O–H groups in total. The van der Waals surface area contributed by atoms with Crippen molar-refractivity contribution < 1.29 is 9.90 Å². The molecule has 4 heteroatoms. The van der Waals surface area contributed by atoms with Gasteiger partial charge in [0.05, 0.1) is 5.52 Å². The van der Waals surface area contributed by atoms with Crippen LogP contribution in [0.15, 0.2) is 41.4 Å². The molecule has 0 aliphatic rings. The van der Waals surface area contributed by atoms with Crippen molar-refractivity contribution in [1.29, 1.82) is 0 Å². The van der Waals surface area contributed by atoms with Gasteiger partial charge in [0.15, 0.2) is 0 Å². The lowest BCUT2D eigenvalue weighted by Crippen LogP contribution is -2.34. The number of thioether (sulfide) groups is 1. The molecule has 0 aliphatic heterocycles. The van der Waals surface area contributed by atoms with Crippen LogP contribution >= 0.6 is 11.8 Å². The topological polar surface area (TPSA) is 50.2 Å². The summed E-state index contributed by atoms with van der Waals surface area (Å²) in [4.78, 5) is 17.3. The van der Waals surface area contributed by atoms with Gasteiger partial charge in [-0.25, -0.2) is 0 Å². The number of aromatic nitrogens is 1. The molecule has 0 amide bonds. The second-order valence-corrected chi connectivity index (χ2v) is 6.65. The standard InChI is InChI=1S/C17H21NO2S/c1-3-10-17(11-4-2,16(19)20)21-15-9-12-18-14-8-6-5-7-13(14)15/h5-9,12H,3-4,10-11H2,1-2H3,(H,19,20). The molecule has 0 saturated carbocycles. The molecule has 1 aromatic carbocycles. The van der Waals surface area contributed by atoms with E-state index in [2.05, 4.69) is 4.98 Å². The first-order valence-electron chi connectivity index (χ1n) is 7.39. The summed E-state index contributed by atoms with van der Waals surface area (Å²) in [6.45, 7) is 4.08. The summed E-state index contributed by atoms with van der Waals surface area (Å²) in [6.07, 6.45) is 4.84. The lowest BCUT2D eigenvalue weighted by atomic mass is 9.97. The molecule has 0 unspecified atom stereocenters. The quantitative estimate of drug-likeness (QED) is 0.750. The lowest BCUT2D eigenvalue weighted by Gasteiger charge is -2.28. The van der Waals surface area contributed by atoms with Crippen molar-refractivity contribution in [2.75, 3.05) is 0 Å². The SMILES string of the molecule is CCCC(CCC)(Sc1ccnc2ccccc12)C(=O)O. The van der Waals surface area contributed by atoms with Crippen molar-refractivity contribution in [3.63, 3.8) is 0 Å². The summed E-state index contributed by atoms with van der Waals surface area (Å²) in [5.41, 5.74) is 0.912. The van der Waals surface area contributed by atoms with Crippen LogP contribution in [0.5, 0.6) is 0 Å². The Balaban J connectivity index is 2.45. The molecule has 2 rings (SSSR count). The maximum absolute atomic E-state index is 11.9. The zero-order valence-corrected chi connectivity index (χ0v) is 13.3. The van der Waals surface area contributed by atoms with Gasteiger partial charge >= 0.3 is 5.97 Å². The number of carboxylic acids is 1. The van der Waals surface area contributed by atoms with Crippen molar-refractivity contribution in [3.05, 3.63) is 36.5 Å². The molecule has 112 valence electrons. The minimum Gasteiger partial charge on any atom is -0.480 e. The summed E-state index contributed by atoms with van der Waals surface area (Å²) in [5.74, 6) is -0.711. The highest BCUT2D eigenvalue weighted by Crippen LogP contribution is 2.42. The Bertz CT molecular complexity index is 616. The molecular weight excluding hydrogens is 282 g/mol. The van der Waals surface area contributed by atoms with E-state index in [-0.39, 0.29) is 0 Å². The highest BCUT2D eigenvalue weighted by molar-refractivity contribution is 8.01. The minimum atomic E-state index is -0.742. The van der Waals surface area contributed by atoms with Gasteiger partial charge in [-0.15, -0.1) is 11.8 Å². The first-order valence-corrected chi connectivity index (χ1v) is 8.20.